The van der Waals surface area contributed by atoms with E-state index in [1.807, 2.05) is 0 Å². The lowest BCUT2D eigenvalue weighted by Gasteiger charge is -2.23. The number of hydrogen-bond donors (Lipinski definition) is 0. The molecule has 0 aromatic heterocycles. The maximum atomic E-state index is 2.40. The van der Waals surface area contributed by atoms with Gasteiger partial charge in [0.05, 0.1) is 0 Å². The summed E-state index contributed by atoms with van der Waals surface area (Å²) in [6, 6.07) is 0. The Bertz CT molecular complexity index is 80.0. The summed E-state index contributed by atoms with van der Waals surface area (Å²) in [4.78, 5) is 0. The summed E-state index contributed by atoms with van der Waals surface area (Å²) in [6.07, 6.45) is 4.69. The molecule has 0 heterocycles. The van der Waals surface area contributed by atoms with Crippen LogP contribution in [0.3, 0.4) is 0 Å². The molecule has 1 atom stereocenters. The molecule has 0 N–H and O–H groups in total. The van der Waals surface area contributed by atoms with Crippen LogP contribution in [0.15, 0.2) is 0 Å². The van der Waals surface area contributed by atoms with E-state index < -0.39 is 0 Å². The molecule has 3 saturated carbocycles. The zero-order valence-electron chi connectivity index (χ0n) is 4.85. The van der Waals surface area contributed by atoms with Crippen LogP contribution in [0.4, 0.5) is 0 Å². The van der Waals surface area contributed by atoms with E-state index in [0.29, 0.717) is 0 Å². The monoisotopic (exact) mass is 96.1 g/mol. The smallest absolute Gasteiger partial charge is 0.0383 e. The Kier molecular flexibility index (Phi) is 0.586. The van der Waals surface area contributed by atoms with Crippen LogP contribution in [0, 0.1) is 17.8 Å². The molecule has 0 saturated heterocycles. The van der Waals surface area contributed by atoms with Crippen LogP contribution in [0.1, 0.15) is 26.2 Å². The van der Waals surface area contributed by atoms with Crippen LogP contribution in [0.2, 0.25) is 0 Å². The normalized spacial score (nSPS) is 57.0. The highest BCUT2D eigenvalue weighted by Crippen LogP contribution is 2.51. The first-order chi connectivity index (χ1) is 3.36. The van der Waals surface area contributed by atoms with Gasteiger partial charge in [-0.3, -0.25) is 0 Å². The van der Waals surface area contributed by atoms with E-state index in [9.17, 15) is 0 Å². The third kappa shape index (κ3) is 0.375. The van der Waals surface area contributed by atoms with E-state index in [4.69, 9.17) is 0 Å². The Morgan fingerprint density at radius 3 is 2.00 bits per heavy atom. The predicted octanol–water partition coefficient (Wildman–Crippen LogP) is 2.05. The van der Waals surface area contributed by atoms with Crippen LogP contribution in [0.5, 0.6) is 0 Å². The van der Waals surface area contributed by atoms with Gasteiger partial charge >= 0.3 is 0 Å². The van der Waals surface area contributed by atoms with Gasteiger partial charge < -0.3 is 0 Å². The second-order valence-electron chi connectivity index (χ2n) is 3.31. The Morgan fingerprint density at radius 2 is 1.86 bits per heavy atom. The summed E-state index contributed by atoms with van der Waals surface area (Å²) in [7, 11) is 0. The van der Waals surface area contributed by atoms with Gasteiger partial charge in [0, 0.05) is 0 Å². The lowest BCUT2D eigenvalue weighted by atomic mass is 9.83. The average molecular weight is 96.2 g/mol. The van der Waals surface area contributed by atoms with Crippen molar-refractivity contribution < 1.29 is 0 Å². The Balaban J connectivity index is 2.13. The van der Waals surface area contributed by atoms with E-state index in [0.717, 1.165) is 11.8 Å². The topological polar surface area (TPSA) is 0 Å². The quantitative estimate of drug-likeness (QED) is 0.433. The van der Waals surface area contributed by atoms with Gasteiger partial charge in [0.15, 0.2) is 0 Å². The van der Waals surface area contributed by atoms with Gasteiger partial charge in [0.25, 0.3) is 0 Å². The highest BCUT2D eigenvalue weighted by atomic mass is 14.5. The molecule has 7 heavy (non-hydrogen) atoms. The molecule has 0 nitrogen and oxygen atoms in total. The minimum atomic E-state index is 1.09. The van der Waals surface area contributed by atoms with Crippen molar-refractivity contribution >= 4 is 0 Å². The van der Waals surface area contributed by atoms with Gasteiger partial charge in [-0.15, -0.1) is 0 Å². The number of rotatable bonds is 0. The highest BCUT2D eigenvalue weighted by molar-refractivity contribution is 4.91. The maximum absolute atomic E-state index is 2.40. The van der Waals surface area contributed by atoms with Gasteiger partial charge in [0.2, 0.25) is 0 Å². The fourth-order valence-corrected chi connectivity index (χ4v) is 2.16. The fourth-order valence-electron chi connectivity index (χ4n) is 2.16. The molecule has 0 spiro atoms. The minimum Gasteiger partial charge on any atom is -0.0622 e. The van der Waals surface area contributed by atoms with Crippen molar-refractivity contribution in [1.82, 2.24) is 0 Å². The Hall–Kier alpha value is 0. The molecule has 3 fully saturated rings. The Morgan fingerprint density at radius 1 is 1.14 bits per heavy atom. The molecule has 3 rings (SSSR count). The largest absolute Gasteiger partial charge is 0.0622 e. The first kappa shape index (κ1) is 3.94. The van der Waals surface area contributed by atoms with Gasteiger partial charge in [-0.25, -0.2) is 0 Å². The zero-order chi connectivity index (χ0) is 4.85. The Labute approximate surface area is 44.9 Å². The maximum Gasteiger partial charge on any atom is -0.0383 e. The fraction of sp³-hybridized carbons (Fsp3) is 1.00. The molecule has 0 aliphatic heterocycles. The van der Waals surface area contributed by atoms with Gasteiger partial charge in [0.1, 0.15) is 0 Å². The second kappa shape index (κ2) is 1.04. The molecule has 0 amide bonds. The SMILES string of the molecule is CC1CC2CC1C2. The van der Waals surface area contributed by atoms with Crippen LogP contribution >= 0.6 is 0 Å². The first-order valence-electron chi connectivity index (χ1n) is 3.36. The molecule has 0 heteroatoms. The van der Waals surface area contributed by atoms with Gasteiger partial charge in [-0.1, -0.05) is 6.92 Å². The van der Waals surface area contributed by atoms with Gasteiger partial charge in [-0.05, 0) is 37.0 Å². The molecule has 2 bridgehead atoms. The van der Waals surface area contributed by atoms with Crippen molar-refractivity contribution in [2.45, 2.75) is 26.2 Å². The zero-order valence-corrected chi connectivity index (χ0v) is 4.85. The van der Waals surface area contributed by atoms with E-state index >= 15 is 0 Å². The van der Waals surface area contributed by atoms with E-state index in [2.05, 4.69) is 6.92 Å². The predicted molar refractivity (Wildman–Crippen MR) is 30.0 cm³/mol. The molecule has 3 aliphatic rings. The molecule has 0 aromatic carbocycles. The summed E-state index contributed by atoms with van der Waals surface area (Å²) in [5.41, 5.74) is 0. The molecular formula is C7H12. The third-order valence-corrected chi connectivity index (χ3v) is 2.78. The summed E-state index contributed by atoms with van der Waals surface area (Å²) >= 11 is 0. The van der Waals surface area contributed by atoms with E-state index in [1.165, 1.54) is 5.92 Å². The van der Waals surface area contributed by atoms with Crippen LogP contribution < -0.4 is 0 Å². The van der Waals surface area contributed by atoms with Crippen molar-refractivity contribution in [2.75, 3.05) is 0 Å². The second-order valence-corrected chi connectivity index (χ2v) is 3.31. The van der Waals surface area contributed by atoms with Crippen molar-refractivity contribution in [3.8, 4) is 0 Å². The molecule has 1 unspecified atom stereocenters. The molecule has 40 valence electrons. The van der Waals surface area contributed by atoms with E-state index in [-0.39, 0.29) is 0 Å². The van der Waals surface area contributed by atoms with Crippen molar-refractivity contribution in [3.05, 3.63) is 0 Å². The summed E-state index contributed by atoms with van der Waals surface area (Å²) in [5, 5.41) is 0. The minimum absolute atomic E-state index is 1.09. The van der Waals surface area contributed by atoms with Crippen molar-refractivity contribution in [1.29, 1.82) is 0 Å². The van der Waals surface area contributed by atoms with Gasteiger partial charge in [-0.2, -0.15) is 0 Å². The summed E-state index contributed by atoms with van der Waals surface area (Å²) in [6.45, 7) is 2.40. The number of hydrogen-bond acceptors (Lipinski definition) is 0. The average Bonchev–Trinajstić information content (AvgIpc) is 1.85. The van der Waals surface area contributed by atoms with E-state index in [1.54, 1.807) is 19.3 Å². The van der Waals surface area contributed by atoms with Crippen molar-refractivity contribution in [2.24, 2.45) is 17.8 Å². The van der Waals surface area contributed by atoms with Crippen LogP contribution in [-0.2, 0) is 0 Å². The molecular weight excluding hydrogens is 84.1 g/mol. The molecule has 3 aliphatic carbocycles. The lowest BCUT2D eigenvalue weighted by molar-refractivity contribution is 0.281. The molecule has 0 radical (unpaired) electrons. The summed E-state index contributed by atoms with van der Waals surface area (Å²) < 4.78 is 0. The highest BCUT2D eigenvalue weighted by Gasteiger charge is 2.41. The third-order valence-electron chi connectivity index (χ3n) is 2.78. The summed E-state index contributed by atoms with van der Waals surface area (Å²) in [5.74, 6) is 3.41. The lowest BCUT2D eigenvalue weighted by Crippen LogP contribution is -2.12. The number of fused-ring (bicyclic) bond motifs is 1. The van der Waals surface area contributed by atoms with Crippen LogP contribution in [0.25, 0.3) is 0 Å². The standard InChI is InChI=1S/C7H12/c1-5-2-6-3-7(5)4-6/h5-7H,2-4H2,1H3. The van der Waals surface area contributed by atoms with Crippen molar-refractivity contribution in [3.63, 3.8) is 0 Å². The molecule has 0 aromatic rings. The van der Waals surface area contributed by atoms with Crippen LogP contribution in [-0.4, -0.2) is 0 Å². The first-order valence-corrected chi connectivity index (χ1v) is 3.36.